The number of azo groups is 2. The quantitative estimate of drug-likeness (QED) is 0.219. The molecule has 6 heteroatoms. The van der Waals surface area contributed by atoms with E-state index in [1.54, 1.807) is 0 Å². The molecule has 0 fully saturated rings. The van der Waals surface area contributed by atoms with Gasteiger partial charge in [0.1, 0.15) is 0 Å². The van der Waals surface area contributed by atoms with Gasteiger partial charge in [0.05, 0.1) is 29.4 Å². The molecule has 3 aromatic rings. The number of hydrogen-bond acceptors (Lipinski definition) is 6. The van der Waals surface area contributed by atoms with Crippen molar-refractivity contribution in [1.29, 1.82) is 0 Å². The minimum Gasteiger partial charge on any atom is -0.462 e. The number of carbonyl (C=O) groups excluding carboxylic acids is 1. The minimum atomic E-state index is -0.414. The van der Waals surface area contributed by atoms with Crippen LogP contribution in [0.4, 0.5) is 22.7 Å². The van der Waals surface area contributed by atoms with Gasteiger partial charge < -0.3 is 4.74 Å². The SMILES string of the molecule is C=CC(=O)OCCc1ccc(N=Nc2ccc(N=Nc3ccc(C)cc3C)cc2)cc1. The molecule has 0 amide bonds. The van der Waals surface area contributed by atoms with Crippen LogP contribution in [-0.2, 0) is 16.0 Å². The first-order valence-corrected chi connectivity index (χ1v) is 9.92. The van der Waals surface area contributed by atoms with E-state index in [2.05, 4.69) is 40.0 Å². The molecule has 0 aliphatic carbocycles. The molecule has 0 atom stereocenters. The van der Waals surface area contributed by atoms with Crippen molar-refractivity contribution >= 4 is 28.7 Å². The Bertz CT molecular complexity index is 1100. The van der Waals surface area contributed by atoms with Gasteiger partial charge in [-0.05, 0) is 67.4 Å². The van der Waals surface area contributed by atoms with Crippen LogP contribution in [0.15, 0.2) is 99.8 Å². The van der Waals surface area contributed by atoms with Crippen molar-refractivity contribution < 1.29 is 9.53 Å². The number of hydrogen-bond donors (Lipinski definition) is 0. The molecule has 0 saturated carbocycles. The maximum atomic E-state index is 11.0. The molecule has 6 nitrogen and oxygen atoms in total. The predicted octanol–water partition coefficient (Wildman–Crippen LogP) is 7.41. The Balaban J connectivity index is 1.56. The highest BCUT2D eigenvalue weighted by atomic mass is 16.5. The van der Waals surface area contributed by atoms with Gasteiger partial charge in [0.15, 0.2) is 0 Å². The average Bonchev–Trinajstić information content (AvgIpc) is 2.78. The number of benzene rings is 3. The van der Waals surface area contributed by atoms with Gasteiger partial charge in [-0.1, -0.05) is 36.4 Å². The summed E-state index contributed by atoms with van der Waals surface area (Å²) in [5.74, 6) is -0.414. The fraction of sp³-hybridized carbons (Fsp3) is 0.160. The molecule has 156 valence electrons. The van der Waals surface area contributed by atoms with E-state index in [0.29, 0.717) is 13.0 Å². The Morgan fingerprint density at radius 2 is 1.39 bits per heavy atom. The molecule has 3 rings (SSSR count). The van der Waals surface area contributed by atoms with Gasteiger partial charge in [0.2, 0.25) is 0 Å². The Labute approximate surface area is 182 Å². The van der Waals surface area contributed by atoms with E-state index in [1.165, 1.54) is 5.56 Å². The topological polar surface area (TPSA) is 75.7 Å². The highest BCUT2D eigenvalue weighted by Crippen LogP contribution is 2.25. The lowest BCUT2D eigenvalue weighted by Gasteiger charge is -2.02. The van der Waals surface area contributed by atoms with Crippen LogP contribution in [0.2, 0.25) is 0 Å². The van der Waals surface area contributed by atoms with Gasteiger partial charge in [0, 0.05) is 12.5 Å². The number of carbonyl (C=O) groups is 1. The van der Waals surface area contributed by atoms with Gasteiger partial charge in [-0.15, -0.1) is 0 Å². The standard InChI is InChI=1S/C25H24N4O2/c1-4-25(30)31-16-15-20-6-8-21(9-7-20)26-27-22-10-12-23(13-11-22)28-29-24-14-5-18(2)17-19(24)3/h4-14,17H,1,15-16H2,2-3H3. The first-order chi connectivity index (χ1) is 15.0. The van der Waals surface area contributed by atoms with Crippen molar-refractivity contribution in [1.82, 2.24) is 0 Å². The Hall–Kier alpha value is -3.93. The van der Waals surface area contributed by atoms with Crippen LogP contribution >= 0.6 is 0 Å². The molecule has 0 aromatic heterocycles. The second-order valence-electron chi connectivity index (χ2n) is 6.99. The Morgan fingerprint density at radius 1 is 0.839 bits per heavy atom. The summed E-state index contributed by atoms with van der Waals surface area (Å²) in [5, 5.41) is 17.1. The van der Waals surface area contributed by atoms with Crippen molar-refractivity contribution in [2.75, 3.05) is 6.61 Å². The first kappa shape index (κ1) is 21.8. The molecule has 0 aliphatic rings. The molecule has 0 aliphatic heterocycles. The monoisotopic (exact) mass is 412 g/mol. The zero-order valence-electron chi connectivity index (χ0n) is 17.7. The number of ether oxygens (including phenoxy) is 1. The van der Waals surface area contributed by atoms with Gasteiger partial charge >= 0.3 is 5.97 Å². The van der Waals surface area contributed by atoms with E-state index >= 15 is 0 Å². The predicted molar refractivity (Wildman–Crippen MR) is 122 cm³/mol. The number of esters is 1. The van der Waals surface area contributed by atoms with Crippen molar-refractivity contribution in [3.63, 3.8) is 0 Å². The molecule has 31 heavy (non-hydrogen) atoms. The highest BCUT2D eigenvalue weighted by Gasteiger charge is 1.99. The first-order valence-electron chi connectivity index (χ1n) is 9.92. The highest BCUT2D eigenvalue weighted by molar-refractivity contribution is 5.81. The van der Waals surface area contributed by atoms with E-state index < -0.39 is 5.97 Å². The fourth-order valence-corrected chi connectivity index (χ4v) is 2.79. The molecular formula is C25H24N4O2. The maximum absolute atomic E-state index is 11.0. The molecule has 0 unspecified atom stereocenters. The summed E-state index contributed by atoms with van der Waals surface area (Å²) < 4.78 is 4.98. The third-order valence-corrected chi connectivity index (χ3v) is 4.49. The molecule has 0 heterocycles. The van der Waals surface area contributed by atoms with E-state index in [4.69, 9.17) is 4.74 Å². The van der Waals surface area contributed by atoms with Crippen molar-refractivity contribution in [2.24, 2.45) is 20.5 Å². The zero-order chi connectivity index (χ0) is 22.1. The van der Waals surface area contributed by atoms with Gasteiger partial charge in [0.25, 0.3) is 0 Å². The van der Waals surface area contributed by atoms with Crippen LogP contribution < -0.4 is 0 Å². The average molecular weight is 412 g/mol. The van der Waals surface area contributed by atoms with E-state index in [0.717, 1.165) is 40.0 Å². The molecule has 3 aromatic carbocycles. The summed E-state index contributed by atoms with van der Waals surface area (Å²) in [4.78, 5) is 11.0. The number of nitrogens with zero attached hydrogens (tertiary/aromatic N) is 4. The second kappa shape index (κ2) is 10.7. The van der Waals surface area contributed by atoms with Crippen LogP contribution in [0.1, 0.15) is 16.7 Å². The molecular weight excluding hydrogens is 388 g/mol. The lowest BCUT2D eigenvalue weighted by atomic mass is 10.1. The van der Waals surface area contributed by atoms with Gasteiger partial charge in [-0.2, -0.15) is 20.5 Å². The van der Waals surface area contributed by atoms with Gasteiger partial charge in [-0.25, -0.2) is 4.79 Å². The summed E-state index contributed by atoms with van der Waals surface area (Å²) in [7, 11) is 0. The second-order valence-corrected chi connectivity index (χ2v) is 6.99. The minimum absolute atomic E-state index is 0.318. The summed E-state index contributed by atoms with van der Waals surface area (Å²) in [6.07, 6.45) is 1.79. The normalized spacial score (nSPS) is 11.2. The third kappa shape index (κ3) is 6.82. The van der Waals surface area contributed by atoms with Gasteiger partial charge in [-0.3, -0.25) is 0 Å². The zero-order valence-corrected chi connectivity index (χ0v) is 17.7. The van der Waals surface area contributed by atoms with Crippen LogP contribution in [-0.4, -0.2) is 12.6 Å². The van der Waals surface area contributed by atoms with Crippen LogP contribution in [0, 0.1) is 13.8 Å². The van der Waals surface area contributed by atoms with Crippen LogP contribution in [0.5, 0.6) is 0 Å². The summed E-state index contributed by atoms with van der Waals surface area (Å²) in [6, 6.07) is 21.1. The van der Waals surface area contributed by atoms with E-state index in [9.17, 15) is 4.79 Å². The largest absolute Gasteiger partial charge is 0.462 e. The molecule has 0 N–H and O–H groups in total. The van der Waals surface area contributed by atoms with Crippen molar-refractivity contribution in [2.45, 2.75) is 20.3 Å². The third-order valence-electron chi connectivity index (χ3n) is 4.49. The molecule has 0 saturated heterocycles. The summed E-state index contributed by atoms with van der Waals surface area (Å²) in [5.41, 5.74) is 6.43. The lowest BCUT2D eigenvalue weighted by Crippen LogP contribution is -2.04. The molecule has 0 spiro atoms. The Morgan fingerprint density at radius 3 is 1.94 bits per heavy atom. The fourth-order valence-electron chi connectivity index (χ4n) is 2.79. The van der Waals surface area contributed by atoms with Crippen molar-refractivity contribution in [3.8, 4) is 0 Å². The van der Waals surface area contributed by atoms with Crippen molar-refractivity contribution in [3.05, 3.63) is 96.1 Å². The molecule has 0 radical (unpaired) electrons. The number of aryl methyl sites for hydroxylation is 2. The van der Waals surface area contributed by atoms with Crippen LogP contribution in [0.3, 0.4) is 0 Å². The smallest absolute Gasteiger partial charge is 0.330 e. The molecule has 0 bridgehead atoms. The summed E-state index contributed by atoms with van der Waals surface area (Å²) >= 11 is 0. The van der Waals surface area contributed by atoms with E-state index in [-0.39, 0.29) is 0 Å². The lowest BCUT2D eigenvalue weighted by molar-refractivity contribution is -0.137. The summed E-state index contributed by atoms with van der Waals surface area (Å²) in [6.45, 7) is 7.76. The van der Waals surface area contributed by atoms with E-state index in [1.807, 2.05) is 67.6 Å². The number of rotatable bonds is 8. The Kier molecular flexibility index (Phi) is 7.54. The maximum Gasteiger partial charge on any atom is 0.330 e. The van der Waals surface area contributed by atoms with Crippen LogP contribution in [0.25, 0.3) is 0 Å².